The van der Waals surface area contributed by atoms with Crippen molar-refractivity contribution in [1.29, 1.82) is 0 Å². The van der Waals surface area contributed by atoms with E-state index in [-0.39, 0.29) is 12.1 Å². The van der Waals surface area contributed by atoms with Gasteiger partial charge in [-0.25, -0.2) is 0 Å². The molecule has 0 amide bonds. The fourth-order valence-electron chi connectivity index (χ4n) is 2.33. The molecule has 1 atom stereocenters. The maximum atomic E-state index is 9.57. The number of aliphatic hydroxyl groups is 1. The van der Waals surface area contributed by atoms with Crippen molar-refractivity contribution in [1.82, 2.24) is 5.32 Å². The van der Waals surface area contributed by atoms with Crippen LogP contribution in [0.4, 0.5) is 5.69 Å². The van der Waals surface area contributed by atoms with Crippen molar-refractivity contribution in [3.63, 3.8) is 0 Å². The largest absolute Gasteiger partial charge is 0.497 e. The number of hydrogen-bond donors (Lipinski definition) is 2. The van der Waals surface area contributed by atoms with E-state index < -0.39 is 0 Å². The monoisotopic (exact) mass is 294 g/mol. The lowest BCUT2D eigenvalue weighted by Crippen LogP contribution is -2.46. The number of rotatable bonds is 10. The van der Waals surface area contributed by atoms with Gasteiger partial charge in [-0.2, -0.15) is 0 Å². The summed E-state index contributed by atoms with van der Waals surface area (Å²) >= 11 is 0. The zero-order valence-electron chi connectivity index (χ0n) is 13.9. The molecule has 4 nitrogen and oxygen atoms in total. The highest BCUT2D eigenvalue weighted by molar-refractivity contribution is 5.49. The summed E-state index contributed by atoms with van der Waals surface area (Å²) in [5.74, 6) is 0.879. The minimum absolute atomic E-state index is 0.175. The summed E-state index contributed by atoms with van der Waals surface area (Å²) in [4.78, 5) is 2.22. The summed E-state index contributed by atoms with van der Waals surface area (Å²) in [6.07, 6.45) is 3.07. The van der Waals surface area contributed by atoms with Crippen LogP contribution in [-0.4, -0.2) is 44.5 Å². The van der Waals surface area contributed by atoms with Crippen molar-refractivity contribution < 1.29 is 9.84 Å². The summed E-state index contributed by atoms with van der Waals surface area (Å²) in [5, 5.41) is 13.0. The van der Waals surface area contributed by atoms with Crippen LogP contribution in [0.1, 0.15) is 33.1 Å². The fourth-order valence-corrected chi connectivity index (χ4v) is 2.33. The van der Waals surface area contributed by atoms with E-state index >= 15 is 0 Å². The smallest absolute Gasteiger partial charge is 0.120 e. The van der Waals surface area contributed by atoms with Crippen LogP contribution in [0.2, 0.25) is 0 Å². The molecule has 0 radical (unpaired) electrons. The number of anilines is 1. The normalized spacial score (nSPS) is 13.8. The van der Waals surface area contributed by atoms with Gasteiger partial charge in [-0.1, -0.05) is 13.0 Å². The van der Waals surface area contributed by atoms with Crippen molar-refractivity contribution in [3.8, 4) is 5.75 Å². The second kappa shape index (κ2) is 8.90. The van der Waals surface area contributed by atoms with E-state index in [0.717, 1.165) is 43.8 Å². The number of nitrogens with zero attached hydrogens (tertiary/aromatic N) is 1. The van der Waals surface area contributed by atoms with Gasteiger partial charge in [-0.15, -0.1) is 0 Å². The van der Waals surface area contributed by atoms with Gasteiger partial charge in [-0.3, -0.25) is 0 Å². The third kappa shape index (κ3) is 5.94. The van der Waals surface area contributed by atoms with Gasteiger partial charge in [0.25, 0.3) is 0 Å². The topological polar surface area (TPSA) is 44.7 Å². The first-order valence-electron chi connectivity index (χ1n) is 7.75. The highest BCUT2D eigenvalue weighted by Crippen LogP contribution is 2.21. The lowest BCUT2D eigenvalue weighted by molar-refractivity contribution is 0.164. The zero-order valence-corrected chi connectivity index (χ0v) is 13.9. The van der Waals surface area contributed by atoms with E-state index in [4.69, 9.17) is 4.74 Å². The first-order valence-corrected chi connectivity index (χ1v) is 7.75. The van der Waals surface area contributed by atoms with Crippen molar-refractivity contribution in [2.24, 2.45) is 0 Å². The molecule has 0 aliphatic rings. The predicted octanol–water partition coefficient (Wildman–Crippen LogP) is 2.66. The van der Waals surface area contributed by atoms with Gasteiger partial charge < -0.3 is 20.1 Å². The van der Waals surface area contributed by atoms with E-state index in [1.165, 1.54) is 0 Å². The number of hydrogen-bond acceptors (Lipinski definition) is 4. The van der Waals surface area contributed by atoms with Crippen LogP contribution in [0, 0.1) is 0 Å². The molecule has 1 aromatic carbocycles. The fraction of sp³-hybridized carbons (Fsp3) is 0.647. The molecule has 120 valence electrons. The molecule has 0 aliphatic carbocycles. The Bertz CT molecular complexity index is 412. The molecule has 0 aliphatic heterocycles. The number of nitrogens with one attached hydrogen (secondary N) is 1. The molecule has 4 heteroatoms. The van der Waals surface area contributed by atoms with Crippen LogP contribution in [0.25, 0.3) is 0 Å². The van der Waals surface area contributed by atoms with Crippen LogP contribution in [0.5, 0.6) is 5.75 Å². The van der Waals surface area contributed by atoms with Crippen LogP contribution in [0.15, 0.2) is 24.3 Å². The summed E-state index contributed by atoms with van der Waals surface area (Å²) in [7, 11) is 3.77. The van der Waals surface area contributed by atoms with Gasteiger partial charge in [-0.05, 0) is 44.9 Å². The first kappa shape index (κ1) is 17.8. The quantitative estimate of drug-likeness (QED) is 0.696. The summed E-state index contributed by atoms with van der Waals surface area (Å²) in [6.45, 7) is 6.31. The second-order valence-corrected chi connectivity index (χ2v) is 5.87. The lowest BCUT2D eigenvalue weighted by atomic mass is 9.96. The third-order valence-corrected chi connectivity index (χ3v) is 3.87. The van der Waals surface area contributed by atoms with Crippen molar-refractivity contribution in [3.05, 3.63) is 24.3 Å². The second-order valence-electron chi connectivity index (χ2n) is 5.87. The van der Waals surface area contributed by atoms with Crippen LogP contribution >= 0.6 is 0 Å². The van der Waals surface area contributed by atoms with E-state index in [1.54, 1.807) is 7.11 Å². The third-order valence-electron chi connectivity index (χ3n) is 3.87. The molecule has 1 rings (SSSR count). The molecule has 1 unspecified atom stereocenters. The van der Waals surface area contributed by atoms with Gasteiger partial charge >= 0.3 is 0 Å². The zero-order chi connectivity index (χ0) is 15.7. The Morgan fingerprint density at radius 1 is 1.38 bits per heavy atom. The summed E-state index contributed by atoms with van der Waals surface area (Å²) in [6, 6.07) is 8.09. The lowest BCUT2D eigenvalue weighted by Gasteiger charge is -2.30. The summed E-state index contributed by atoms with van der Waals surface area (Å²) in [5.41, 5.74) is 0.979. The summed E-state index contributed by atoms with van der Waals surface area (Å²) < 4.78 is 5.26. The molecular formula is C17H30N2O2. The van der Waals surface area contributed by atoms with Gasteiger partial charge in [0.15, 0.2) is 0 Å². The van der Waals surface area contributed by atoms with E-state index in [0.29, 0.717) is 0 Å². The van der Waals surface area contributed by atoms with Crippen LogP contribution in [0.3, 0.4) is 0 Å². The molecule has 2 N–H and O–H groups in total. The Balaban J connectivity index is 2.46. The number of benzene rings is 1. The maximum absolute atomic E-state index is 9.57. The van der Waals surface area contributed by atoms with Crippen LogP contribution < -0.4 is 15.0 Å². The van der Waals surface area contributed by atoms with Gasteiger partial charge in [0, 0.05) is 30.9 Å². The average molecular weight is 294 g/mol. The van der Waals surface area contributed by atoms with Crippen molar-refractivity contribution >= 4 is 5.69 Å². The van der Waals surface area contributed by atoms with Crippen molar-refractivity contribution in [2.45, 2.75) is 38.6 Å². The van der Waals surface area contributed by atoms with Gasteiger partial charge in [0.05, 0.1) is 13.7 Å². The standard InChI is InChI=1S/C17H30N2O2/c1-5-11-18-17(2,14-20)10-7-12-19(3)15-8-6-9-16(13-15)21-4/h6,8-9,13,18,20H,5,7,10-12,14H2,1-4H3. The molecule has 21 heavy (non-hydrogen) atoms. The molecule has 0 aromatic heterocycles. The molecule has 0 spiro atoms. The Labute approximate surface area is 129 Å². The SMILES string of the molecule is CCCNC(C)(CO)CCCN(C)c1cccc(OC)c1. The van der Waals surface area contributed by atoms with E-state index in [2.05, 4.69) is 37.2 Å². The highest BCUT2D eigenvalue weighted by Gasteiger charge is 2.21. The molecule has 0 saturated carbocycles. The Hall–Kier alpha value is -1.26. The molecule has 0 heterocycles. The Morgan fingerprint density at radius 2 is 2.14 bits per heavy atom. The molecule has 0 bridgehead atoms. The highest BCUT2D eigenvalue weighted by atomic mass is 16.5. The molecule has 0 fully saturated rings. The Morgan fingerprint density at radius 3 is 2.76 bits per heavy atom. The van der Waals surface area contributed by atoms with E-state index in [9.17, 15) is 5.11 Å². The van der Waals surface area contributed by atoms with Gasteiger partial charge in [0.1, 0.15) is 5.75 Å². The molecular weight excluding hydrogens is 264 g/mol. The predicted molar refractivity (Wildman–Crippen MR) is 89.3 cm³/mol. The molecule has 0 saturated heterocycles. The Kier molecular flexibility index (Phi) is 7.54. The minimum atomic E-state index is -0.175. The number of methoxy groups -OCH3 is 1. The number of aliphatic hydroxyl groups excluding tert-OH is 1. The molecule has 1 aromatic rings. The van der Waals surface area contributed by atoms with Gasteiger partial charge in [0.2, 0.25) is 0 Å². The number of ether oxygens (including phenoxy) is 1. The maximum Gasteiger partial charge on any atom is 0.120 e. The average Bonchev–Trinajstić information content (AvgIpc) is 2.52. The minimum Gasteiger partial charge on any atom is -0.497 e. The van der Waals surface area contributed by atoms with Crippen LogP contribution in [-0.2, 0) is 0 Å². The first-order chi connectivity index (χ1) is 10.0. The van der Waals surface area contributed by atoms with E-state index in [1.807, 2.05) is 18.2 Å². The van der Waals surface area contributed by atoms with Crippen molar-refractivity contribution in [2.75, 3.05) is 38.8 Å².